The third-order valence-electron chi connectivity index (χ3n) is 3.56. The second-order valence-corrected chi connectivity index (χ2v) is 4.68. The molecule has 1 aromatic heterocycles. The normalized spacial score (nSPS) is 30.7. The molecule has 3 heterocycles. The van der Waals surface area contributed by atoms with Gasteiger partial charge in [0, 0.05) is 12.4 Å². The summed E-state index contributed by atoms with van der Waals surface area (Å²) in [6.45, 7) is 1.07. The van der Waals surface area contributed by atoms with Crippen molar-refractivity contribution >= 4 is 5.97 Å². The van der Waals surface area contributed by atoms with Crippen molar-refractivity contribution in [2.75, 3.05) is 6.61 Å². The Kier molecular flexibility index (Phi) is 2.84. The van der Waals surface area contributed by atoms with Gasteiger partial charge in [0.1, 0.15) is 6.61 Å². The minimum absolute atomic E-state index is 0.0310. The smallest absolute Gasteiger partial charge is 0.311 e. The Morgan fingerprint density at radius 1 is 1.53 bits per heavy atom. The molecule has 5 nitrogen and oxygen atoms in total. The van der Waals surface area contributed by atoms with Crippen LogP contribution in [0, 0.1) is 5.92 Å². The van der Waals surface area contributed by atoms with E-state index in [9.17, 15) is 4.79 Å². The Bertz CT molecular complexity index is 390. The molecule has 1 aromatic rings. The average molecular weight is 236 g/mol. The lowest BCUT2D eigenvalue weighted by Gasteiger charge is -2.17. The highest BCUT2D eigenvalue weighted by atomic mass is 16.5. The van der Waals surface area contributed by atoms with Gasteiger partial charge < -0.3 is 14.0 Å². The van der Waals surface area contributed by atoms with Gasteiger partial charge in [0.05, 0.1) is 31.0 Å². The number of carbonyl (C=O) groups is 1. The van der Waals surface area contributed by atoms with Gasteiger partial charge in [0.25, 0.3) is 0 Å². The van der Waals surface area contributed by atoms with Crippen LogP contribution in [0.15, 0.2) is 18.7 Å². The fourth-order valence-corrected chi connectivity index (χ4v) is 2.66. The van der Waals surface area contributed by atoms with Crippen LogP contribution in [0.5, 0.6) is 0 Å². The third-order valence-corrected chi connectivity index (χ3v) is 3.56. The largest absolute Gasteiger partial charge is 0.463 e. The van der Waals surface area contributed by atoms with E-state index < -0.39 is 0 Å². The number of hydrogen-bond acceptors (Lipinski definition) is 4. The quantitative estimate of drug-likeness (QED) is 0.732. The molecule has 5 heteroatoms. The van der Waals surface area contributed by atoms with Gasteiger partial charge in [-0.1, -0.05) is 0 Å². The maximum Gasteiger partial charge on any atom is 0.311 e. The molecule has 3 atom stereocenters. The number of imidazole rings is 1. The number of fused-ring (bicyclic) bond motifs is 2. The van der Waals surface area contributed by atoms with Crippen LogP contribution in [-0.4, -0.2) is 34.3 Å². The Morgan fingerprint density at radius 3 is 3.12 bits per heavy atom. The molecule has 2 bridgehead atoms. The van der Waals surface area contributed by atoms with Crippen LogP contribution in [-0.2, 0) is 20.8 Å². The van der Waals surface area contributed by atoms with Crippen LogP contribution in [0.2, 0.25) is 0 Å². The van der Waals surface area contributed by atoms with Crippen molar-refractivity contribution in [2.45, 2.75) is 38.0 Å². The number of rotatable bonds is 4. The summed E-state index contributed by atoms with van der Waals surface area (Å²) in [6.07, 6.45) is 8.64. The van der Waals surface area contributed by atoms with Crippen molar-refractivity contribution in [3.05, 3.63) is 18.7 Å². The summed E-state index contributed by atoms with van der Waals surface area (Å²) in [5.41, 5.74) is 0. The highest BCUT2D eigenvalue weighted by Gasteiger charge is 2.45. The Morgan fingerprint density at radius 2 is 2.47 bits per heavy atom. The van der Waals surface area contributed by atoms with Crippen LogP contribution in [0.25, 0.3) is 0 Å². The van der Waals surface area contributed by atoms with Crippen molar-refractivity contribution in [1.29, 1.82) is 0 Å². The molecule has 0 amide bonds. The summed E-state index contributed by atoms with van der Waals surface area (Å²) >= 11 is 0. The number of esters is 1. The topological polar surface area (TPSA) is 53.4 Å². The van der Waals surface area contributed by atoms with E-state index in [2.05, 4.69) is 4.98 Å². The van der Waals surface area contributed by atoms with Crippen molar-refractivity contribution in [3.63, 3.8) is 0 Å². The fourth-order valence-electron chi connectivity index (χ4n) is 2.66. The lowest BCUT2D eigenvalue weighted by atomic mass is 9.89. The van der Waals surface area contributed by atoms with E-state index in [-0.39, 0.29) is 18.0 Å². The molecular formula is C12H16N2O3. The lowest BCUT2D eigenvalue weighted by Crippen LogP contribution is -2.28. The van der Waals surface area contributed by atoms with Gasteiger partial charge in [-0.2, -0.15) is 0 Å². The van der Waals surface area contributed by atoms with Gasteiger partial charge in [0.15, 0.2) is 0 Å². The van der Waals surface area contributed by atoms with Gasteiger partial charge in [-0.15, -0.1) is 0 Å². The SMILES string of the molecule is O=C(OCCn1ccnc1)C1CC2CCC1O2. The van der Waals surface area contributed by atoms with E-state index in [1.54, 1.807) is 12.5 Å². The van der Waals surface area contributed by atoms with Gasteiger partial charge >= 0.3 is 5.97 Å². The molecule has 0 radical (unpaired) electrons. The maximum absolute atomic E-state index is 11.8. The first kappa shape index (κ1) is 10.8. The summed E-state index contributed by atoms with van der Waals surface area (Å²) in [5, 5.41) is 0. The first-order valence-corrected chi connectivity index (χ1v) is 6.11. The van der Waals surface area contributed by atoms with Crippen molar-refractivity contribution in [3.8, 4) is 0 Å². The first-order valence-electron chi connectivity index (χ1n) is 6.11. The van der Waals surface area contributed by atoms with Crippen molar-refractivity contribution in [1.82, 2.24) is 9.55 Å². The molecule has 3 rings (SSSR count). The molecule has 0 spiro atoms. The second kappa shape index (κ2) is 4.49. The minimum atomic E-state index is -0.0997. The van der Waals surface area contributed by atoms with Crippen molar-refractivity contribution < 1.29 is 14.3 Å². The number of aromatic nitrogens is 2. The molecule has 2 fully saturated rings. The van der Waals surface area contributed by atoms with Gasteiger partial charge in [-0.3, -0.25) is 4.79 Å². The monoisotopic (exact) mass is 236 g/mol. The molecule has 92 valence electrons. The van der Waals surface area contributed by atoms with Crippen LogP contribution in [0.1, 0.15) is 19.3 Å². The molecule has 0 aromatic carbocycles. The van der Waals surface area contributed by atoms with E-state index in [0.29, 0.717) is 19.3 Å². The van der Waals surface area contributed by atoms with E-state index in [1.165, 1.54) is 0 Å². The van der Waals surface area contributed by atoms with Crippen LogP contribution in [0.4, 0.5) is 0 Å². The van der Waals surface area contributed by atoms with Crippen LogP contribution >= 0.6 is 0 Å². The zero-order valence-corrected chi connectivity index (χ0v) is 9.62. The number of hydrogen-bond donors (Lipinski definition) is 0. The summed E-state index contributed by atoms with van der Waals surface area (Å²) in [6, 6.07) is 0. The maximum atomic E-state index is 11.8. The summed E-state index contributed by atoms with van der Waals surface area (Å²) in [4.78, 5) is 15.8. The van der Waals surface area contributed by atoms with Gasteiger partial charge in [-0.25, -0.2) is 4.98 Å². The summed E-state index contributed by atoms with van der Waals surface area (Å²) < 4.78 is 12.8. The predicted molar refractivity (Wildman–Crippen MR) is 59.2 cm³/mol. The molecule has 2 aliphatic heterocycles. The second-order valence-electron chi connectivity index (χ2n) is 4.68. The Balaban J connectivity index is 1.45. The number of nitrogens with zero attached hydrogens (tertiary/aromatic N) is 2. The summed E-state index contributed by atoms with van der Waals surface area (Å²) in [7, 11) is 0. The van der Waals surface area contributed by atoms with Crippen LogP contribution in [0.3, 0.4) is 0 Å². The first-order chi connectivity index (χ1) is 8.33. The highest BCUT2D eigenvalue weighted by Crippen LogP contribution is 2.39. The molecular weight excluding hydrogens is 220 g/mol. The third kappa shape index (κ3) is 2.20. The minimum Gasteiger partial charge on any atom is -0.463 e. The van der Waals surface area contributed by atoms with Crippen molar-refractivity contribution in [2.24, 2.45) is 5.92 Å². The Hall–Kier alpha value is -1.36. The molecule has 0 N–H and O–H groups in total. The standard InChI is InChI=1S/C12H16N2O3/c15-12(10-7-9-1-2-11(10)17-9)16-6-5-14-4-3-13-8-14/h3-4,8-11H,1-2,5-7H2. The van der Waals surface area contributed by atoms with E-state index in [0.717, 1.165) is 19.3 Å². The Labute approximate surface area is 99.7 Å². The molecule has 2 aliphatic rings. The molecule has 2 saturated heterocycles. The fraction of sp³-hybridized carbons (Fsp3) is 0.667. The van der Waals surface area contributed by atoms with E-state index in [1.807, 2.05) is 10.8 Å². The molecule has 0 aliphatic carbocycles. The zero-order valence-electron chi connectivity index (χ0n) is 9.62. The predicted octanol–water partition coefficient (Wildman–Crippen LogP) is 0.994. The number of carbonyl (C=O) groups excluding carboxylic acids is 1. The van der Waals surface area contributed by atoms with E-state index in [4.69, 9.17) is 9.47 Å². The highest BCUT2D eigenvalue weighted by molar-refractivity contribution is 5.73. The molecule has 17 heavy (non-hydrogen) atoms. The molecule has 3 unspecified atom stereocenters. The molecule has 0 saturated carbocycles. The van der Waals surface area contributed by atoms with Gasteiger partial charge in [0.2, 0.25) is 0 Å². The average Bonchev–Trinajstić information content (AvgIpc) is 3.05. The number of ether oxygens (including phenoxy) is 2. The van der Waals surface area contributed by atoms with Crippen LogP contribution < -0.4 is 0 Å². The lowest BCUT2D eigenvalue weighted by molar-refractivity contribution is -0.150. The summed E-state index contributed by atoms with van der Waals surface area (Å²) in [5.74, 6) is -0.131. The van der Waals surface area contributed by atoms with E-state index >= 15 is 0 Å². The van der Waals surface area contributed by atoms with Gasteiger partial charge in [-0.05, 0) is 19.3 Å². The zero-order chi connectivity index (χ0) is 11.7.